The van der Waals surface area contributed by atoms with E-state index in [-0.39, 0.29) is 11.2 Å². The Bertz CT molecular complexity index is 454. The molecule has 1 unspecified atom stereocenters. The van der Waals surface area contributed by atoms with Gasteiger partial charge in [0.25, 0.3) is 0 Å². The van der Waals surface area contributed by atoms with Gasteiger partial charge in [0.15, 0.2) is 0 Å². The highest BCUT2D eigenvalue weighted by Gasteiger charge is 2.31. The van der Waals surface area contributed by atoms with Gasteiger partial charge in [-0.1, -0.05) is 26.0 Å². The summed E-state index contributed by atoms with van der Waals surface area (Å²) >= 11 is 0. The van der Waals surface area contributed by atoms with Crippen molar-refractivity contribution >= 4 is 0 Å². The van der Waals surface area contributed by atoms with Crippen LogP contribution in [0.2, 0.25) is 0 Å². The summed E-state index contributed by atoms with van der Waals surface area (Å²) in [6.45, 7) is 5.30. The van der Waals surface area contributed by atoms with Crippen molar-refractivity contribution in [1.29, 1.82) is 0 Å². The molecule has 1 N–H and O–H groups in total. The summed E-state index contributed by atoms with van der Waals surface area (Å²) in [5.41, 5.74) is 1.15. The maximum Gasteiger partial charge on any atom is 0.573 e. The second-order valence-corrected chi connectivity index (χ2v) is 6.19. The summed E-state index contributed by atoms with van der Waals surface area (Å²) in [5, 5.41) is 3.54. The van der Waals surface area contributed by atoms with Crippen molar-refractivity contribution in [2.45, 2.75) is 51.9 Å². The summed E-state index contributed by atoms with van der Waals surface area (Å²) in [6, 6.07) is 6.86. The molecule has 0 bridgehead atoms. The average Bonchev–Trinajstić information content (AvgIpc) is 3.21. The summed E-state index contributed by atoms with van der Waals surface area (Å²) in [4.78, 5) is 0. The molecular formula is C16H22F3NO. The molecule has 1 aliphatic rings. The van der Waals surface area contributed by atoms with Gasteiger partial charge < -0.3 is 10.1 Å². The first kappa shape index (κ1) is 16.1. The van der Waals surface area contributed by atoms with Gasteiger partial charge in [-0.05, 0) is 48.8 Å². The number of rotatable bonds is 7. The van der Waals surface area contributed by atoms with E-state index in [0.29, 0.717) is 6.04 Å². The van der Waals surface area contributed by atoms with Crippen LogP contribution in [0.4, 0.5) is 13.2 Å². The number of alkyl halides is 3. The largest absolute Gasteiger partial charge is 0.573 e. The van der Waals surface area contributed by atoms with Crippen molar-refractivity contribution in [3.05, 3.63) is 29.8 Å². The summed E-state index contributed by atoms with van der Waals surface area (Å²) in [7, 11) is 0. The molecule has 0 amide bonds. The number of nitrogens with one attached hydrogen (secondary N) is 1. The highest BCUT2D eigenvalue weighted by Crippen LogP contribution is 2.29. The topological polar surface area (TPSA) is 21.3 Å². The molecule has 1 aromatic carbocycles. The fourth-order valence-corrected chi connectivity index (χ4v) is 2.29. The summed E-state index contributed by atoms with van der Waals surface area (Å²) < 4.78 is 40.2. The third kappa shape index (κ3) is 5.58. The molecule has 1 aliphatic carbocycles. The molecule has 2 rings (SSSR count). The van der Waals surface area contributed by atoms with E-state index in [1.807, 2.05) is 0 Å². The molecule has 0 aromatic heterocycles. The molecule has 1 fully saturated rings. The van der Waals surface area contributed by atoms with Gasteiger partial charge in [-0.25, -0.2) is 0 Å². The predicted molar refractivity (Wildman–Crippen MR) is 76.3 cm³/mol. The first-order valence-corrected chi connectivity index (χ1v) is 7.38. The molecule has 2 nitrogen and oxygen atoms in total. The Balaban J connectivity index is 1.93. The molecule has 0 radical (unpaired) electrons. The molecule has 1 saturated carbocycles. The zero-order valence-corrected chi connectivity index (χ0v) is 12.5. The fourth-order valence-electron chi connectivity index (χ4n) is 2.29. The lowest BCUT2D eigenvalue weighted by atomic mass is 9.81. The van der Waals surface area contributed by atoms with Gasteiger partial charge in [0.2, 0.25) is 0 Å². The Morgan fingerprint density at radius 3 is 2.29 bits per heavy atom. The second-order valence-electron chi connectivity index (χ2n) is 6.19. The average molecular weight is 301 g/mol. The van der Waals surface area contributed by atoms with Gasteiger partial charge in [-0.2, -0.15) is 0 Å². The summed E-state index contributed by atoms with van der Waals surface area (Å²) in [6.07, 6.45) is -0.261. The smallest absolute Gasteiger partial charge is 0.406 e. The molecule has 1 aromatic rings. The van der Waals surface area contributed by atoms with Crippen molar-refractivity contribution < 1.29 is 17.9 Å². The third-order valence-corrected chi connectivity index (χ3v) is 4.04. The number of benzene rings is 1. The Morgan fingerprint density at radius 1 is 1.19 bits per heavy atom. The standard InChI is InChI=1S/C16H22F3NO/c1-3-15(2,11-20-13-6-7-13)10-12-4-8-14(9-5-12)21-16(17,18)19/h4-5,8-9,13,20H,3,6-7,10-11H2,1-2H3. The highest BCUT2D eigenvalue weighted by molar-refractivity contribution is 5.28. The van der Waals surface area contributed by atoms with Crippen LogP contribution in [0.3, 0.4) is 0 Å². The molecule has 5 heteroatoms. The quantitative estimate of drug-likeness (QED) is 0.811. The van der Waals surface area contributed by atoms with E-state index < -0.39 is 6.36 Å². The van der Waals surface area contributed by atoms with Crippen molar-refractivity contribution in [2.75, 3.05) is 6.54 Å². The van der Waals surface area contributed by atoms with E-state index in [2.05, 4.69) is 23.9 Å². The SMILES string of the molecule is CCC(C)(CNC1CC1)Cc1ccc(OC(F)(F)F)cc1. The Kier molecular flexibility index (Phi) is 4.81. The number of halogens is 3. The van der Waals surface area contributed by atoms with Crippen LogP contribution < -0.4 is 10.1 Å². The van der Waals surface area contributed by atoms with Crippen molar-refractivity contribution in [1.82, 2.24) is 5.32 Å². The Morgan fingerprint density at radius 2 is 1.81 bits per heavy atom. The zero-order chi connectivity index (χ0) is 15.5. The second kappa shape index (κ2) is 6.26. The molecule has 118 valence electrons. The maximum atomic E-state index is 12.1. The number of hydrogen-bond acceptors (Lipinski definition) is 2. The van der Waals surface area contributed by atoms with Gasteiger partial charge in [-0.3, -0.25) is 0 Å². The van der Waals surface area contributed by atoms with E-state index in [1.165, 1.54) is 25.0 Å². The minimum Gasteiger partial charge on any atom is -0.406 e. The number of hydrogen-bond donors (Lipinski definition) is 1. The minimum absolute atomic E-state index is 0.120. The first-order chi connectivity index (χ1) is 9.80. The van der Waals surface area contributed by atoms with Gasteiger partial charge in [0, 0.05) is 12.6 Å². The lowest BCUT2D eigenvalue weighted by Gasteiger charge is -2.29. The molecule has 21 heavy (non-hydrogen) atoms. The monoisotopic (exact) mass is 301 g/mol. The first-order valence-electron chi connectivity index (χ1n) is 7.38. The molecule has 1 atom stereocenters. The van der Waals surface area contributed by atoms with Gasteiger partial charge >= 0.3 is 6.36 Å². The minimum atomic E-state index is -4.63. The third-order valence-electron chi connectivity index (χ3n) is 4.04. The van der Waals surface area contributed by atoms with E-state index in [0.717, 1.165) is 24.9 Å². The van der Waals surface area contributed by atoms with Gasteiger partial charge in [0.05, 0.1) is 0 Å². The van der Waals surface area contributed by atoms with Crippen LogP contribution in [-0.2, 0) is 6.42 Å². The van der Waals surface area contributed by atoms with E-state index >= 15 is 0 Å². The van der Waals surface area contributed by atoms with Crippen LogP contribution in [-0.4, -0.2) is 18.9 Å². The molecule has 0 aliphatic heterocycles. The van der Waals surface area contributed by atoms with Crippen molar-refractivity contribution in [2.24, 2.45) is 5.41 Å². The van der Waals surface area contributed by atoms with E-state index in [1.54, 1.807) is 12.1 Å². The zero-order valence-electron chi connectivity index (χ0n) is 12.5. The van der Waals surface area contributed by atoms with Crippen LogP contribution in [0.5, 0.6) is 5.75 Å². The highest BCUT2D eigenvalue weighted by atomic mass is 19.4. The van der Waals surface area contributed by atoms with E-state index in [9.17, 15) is 13.2 Å². The number of ether oxygens (including phenoxy) is 1. The molecule has 0 saturated heterocycles. The Labute approximate surface area is 123 Å². The van der Waals surface area contributed by atoms with Crippen LogP contribution in [0, 0.1) is 5.41 Å². The lowest BCUT2D eigenvalue weighted by Crippen LogP contribution is -2.34. The van der Waals surface area contributed by atoms with Crippen molar-refractivity contribution in [3.63, 3.8) is 0 Å². The summed E-state index contributed by atoms with van der Waals surface area (Å²) in [5.74, 6) is -0.166. The molecule has 0 spiro atoms. The normalized spacial score (nSPS) is 18.3. The van der Waals surface area contributed by atoms with Crippen LogP contribution in [0.1, 0.15) is 38.7 Å². The van der Waals surface area contributed by atoms with Crippen LogP contribution >= 0.6 is 0 Å². The van der Waals surface area contributed by atoms with Crippen molar-refractivity contribution in [3.8, 4) is 5.75 Å². The Hall–Kier alpha value is -1.23. The van der Waals surface area contributed by atoms with E-state index in [4.69, 9.17) is 0 Å². The maximum absolute atomic E-state index is 12.1. The fraction of sp³-hybridized carbons (Fsp3) is 0.625. The molecule has 0 heterocycles. The van der Waals surface area contributed by atoms with Crippen LogP contribution in [0.15, 0.2) is 24.3 Å². The van der Waals surface area contributed by atoms with Gasteiger partial charge in [0.1, 0.15) is 5.75 Å². The molecular weight excluding hydrogens is 279 g/mol. The predicted octanol–water partition coefficient (Wildman–Crippen LogP) is 4.30. The van der Waals surface area contributed by atoms with Gasteiger partial charge in [-0.15, -0.1) is 13.2 Å². The van der Waals surface area contributed by atoms with Crippen LogP contribution in [0.25, 0.3) is 0 Å². The lowest BCUT2D eigenvalue weighted by molar-refractivity contribution is -0.274.